The molecule has 2 fully saturated rings. The van der Waals surface area contributed by atoms with Gasteiger partial charge in [-0.25, -0.2) is 4.79 Å². The molecule has 0 aliphatic carbocycles. The van der Waals surface area contributed by atoms with Gasteiger partial charge in [0.05, 0.1) is 12.6 Å². The zero-order valence-corrected chi connectivity index (χ0v) is 12.1. The third kappa shape index (κ3) is 3.83. The Labute approximate surface area is 114 Å². The van der Waals surface area contributed by atoms with Gasteiger partial charge in [0.25, 0.3) is 0 Å². The number of hydrogen-bond acceptors (Lipinski definition) is 3. The predicted octanol–water partition coefficient (Wildman–Crippen LogP) is 2.35. The molecule has 1 unspecified atom stereocenters. The molecule has 110 valence electrons. The summed E-state index contributed by atoms with van der Waals surface area (Å²) in [4.78, 5) is 13.2. The first kappa shape index (κ1) is 14.6. The van der Waals surface area contributed by atoms with Crippen LogP contribution >= 0.6 is 0 Å². The van der Waals surface area contributed by atoms with Gasteiger partial charge in [-0.2, -0.15) is 0 Å². The van der Waals surface area contributed by atoms with E-state index in [0.29, 0.717) is 12.5 Å². The van der Waals surface area contributed by atoms with Crippen LogP contribution in [0.4, 0.5) is 4.79 Å². The van der Waals surface area contributed by atoms with Gasteiger partial charge in [-0.05, 0) is 46.0 Å². The second kappa shape index (κ2) is 5.67. The molecule has 2 rings (SSSR count). The lowest BCUT2D eigenvalue weighted by Crippen LogP contribution is -2.54. The van der Waals surface area contributed by atoms with Crippen LogP contribution in [0.15, 0.2) is 0 Å². The van der Waals surface area contributed by atoms with Crippen LogP contribution in [0.3, 0.4) is 0 Å². The van der Waals surface area contributed by atoms with Crippen molar-refractivity contribution in [2.45, 2.75) is 57.7 Å². The standard InChI is InChI=1S/C14H25NO4/c1-14(2,3)15(13(16)17)11(12-9-19-12)8-10-4-6-18-7-5-10/h10-12H,4-9H2,1-3H3,(H,16,17)/t11-,12?/m0/s1. The molecule has 0 aromatic heterocycles. The number of rotatable bonds is 4. The van der Waals surface area contributed by atoms with E-state index in [1.54, 1.807) is 4.90 Å². The number of carboxylic acid groups (broad SMARTS) is 1. The fourth-order valence-corrected chi connectivity index (χ4v) is 2.95. The summed E-state index contributed by atoms with van der Waals surface area (Å²) in [5.41, 5.74) is -0.395. The Hall–Kier alpha value is -0.810. The maximum atomic E-state index is 11.6. The second-order valence-corrected chi connectivity index (χ2v) is 6.55. The Bertz CT molecular complexity index is 316. The molecule has 2 saturated heterocycles. The van der Waals surface area contributed by atoms with Crippen molar-refractivity contribution in [3.63, 3.8) is 0 Å². The van der Waals surface area contributed by atoms with Crippen molar-refractivity contribution < 1.29 is 19.4 Å². The number of hydrogen-bond donors (Lipinski definition) is 1. The van der Waals surface area contributed by atoms with Crippen LogP contribution in [0.25, 0.3) is 0 Å². The molecule has 2 atom stereocenters. The number of amides is 1. The van der Waals surface area contributed by atoms with E-state index in [1.807, 2.05) is 20.8 Å². The molecule has 1 amide bonds. The maximum absolute atomic E-state index is 11.6. The smallest absolute Gasteiger partial charge is 0.408 e. The Morgan fingerprint density at radius 1 is 1.37 bits per heavy atom. The van der Waals surface area contributed by atoms with Crippen molar-refractivity contribution in [2.24, 2.45) is 5.92 Å². The van der Waals surface area contributed by atoms with Gasteiger partial charge < -0.3 is 14.6 Å². The highest BCUT2D eigenvalue weighted by atomic mass is 16.6. The van der Waals surface area contributed by atoms with Crippen molar-refractivity contribution in [3.8, 4) is 0 Å². The van der Waals surface area contributed by atoms with E-state index < -0.39 is 11.6 Å². The summed E-state index contributed by atoms with van der Waals surface area (Å²) < 4.78 is 10.8. The van der Waals surface area contributed by atoms with Gasteiger partial charge in [-0.1, -0.05) is 0 Å². The molecule has 0 saturated carbocycles. The molecular formula is C14H25NO4. The molecule has 2 heterocycles. The van der Waals surface area contributed by atoms with Crippen molar-refractivity contribution in [1.29, 1.82) is 0 Å². The fraction of sp³-hybridized carbons (Fsp3) is 0.929. The van der Waals surface area contributed by atoms with Crippen molar-refractivity contribution in [2.75, 3.05) is 19.8 Å². The molecule has 0 aromatic rings. The lowest BCUT2D eigenvalue weighted by Gasteiger charge is -2.40. The first-order chi connectivity index (χ1) is 8.89. The zero-order chi connectivity index (χ0) is 14.0. The molecule has 0 radical (unpaired) electrons. The van der Waals surface area contributed by atoms with Crippen LogP contribution in [0, 0.1) is 5.92 Å². The van der Waals surface area contributed by atoms with Gasteiger partial charge in [-0.15, -0.1) is 0 Å². The van der Waals surface area contributed by atoms with E-state index in [9.17, 15) is 9.90 Å². The van der Waals surface area contributed by atoms with Crippen LogP contribution in [-0.4, -0.2) is 53.6 Å². The van der Waals surface area contributed by atoms with Crippen LogP contribution in [0.5, 0.6) is 0 Å². The van der Waals surface area contributed by atoms with Gasteiger partial charge in [0.2, 0.25) is 0 Å². The van der Waals surface area contributed by atoms with Crippen LogP contribution in [-0.2, 0) is 9.47 Å². The summed E-state index contributed by atoms with van der Waals surface area (Å²) in [6.45, 7) is 8.12. The minimum atomic E-state index is -0.847. The molecule has 2 aliphatic rings. The maximum Gasteiger partial charge on any atom is 0.408 e. The van der Waals surface area contributed by atoms with E-state index in [4.69, 9.17) is 9.47 Å². The Kier molecular flexibility index (Phi) is 4.36. The predicted molar refractivity (Wildman–Crippen MR) is 71.3 cm³/mol. The topological polar surface area (TPSA) is 62.3 Å². The summed E-state index contributed by atoms with van der Waals surface area (Å²) in [5.74, 6) is 0.548. The molecule has 1 N–H and O–H groups in total. The monoisotopic (exact) mass is 271 g/mol. The van der Waals surface area contributed by atoms with Crippen molar-refractivity contribution in [1.82, 2.24) is 4.90 Å². The average Bonchev–Trinajstić information content (AvgIpc) is 3.10. The first-order valence-electron chi connectivity index (χ1n) is 7.11. The van der Waals surface area contributed by atoms with E-state index in [1.165, 1.54) is 0 Å². The summed E-state index contributed by atoms with van der Waals surface area (Å²) >= 11 is 0. The van der Waals surface area contributed by atoms with Gasteiger partial charge in [0, 0.05) is 18.8 Å². The van der Waals surface area contributed by atoms with Gasteiger partial charge >= 0.3 is 6.09 Å². The summed E-state index contributed by atoms with van der Waals surface area (Å²) in [6.07, 6.45) is 2.18. The second-order valence-electron chi connectivity index (χ2n) is 6.55. The van der Waals surface area contributed by atoms with E-state index in [-0.39, 0.29) is 12.1 Å². The molecule has 2 aliphatic heterocycles. The molecule has 19 heavy (non-hydrogen) atoms. The van der Waals surface area contributed by atoms with E-state index in [2.05, 4.69) is 0 Å². The third-order valence-corrected chi connectivity index (χ3v) is 3.96. The third-order valence-electron chi connectivity index (χ3n) is 3.96. The summed E-state index contributed by atoms with van der Waals surface area (Å²) in [6, 6.07) is -0.0272. The van der Waals surface area contributed by atoms with Crippen molar-refractivity contribution >= 4 is 6.09 Å². The Morgan fingerprint density at radius 2 is 1.95 bits per heavy atom. The lowest BCUT2D eigenvalue weighted by molar-refractivity contribution is 0.0258. The highest BCUT2D eigenvalue weighted by molar-refractivity contribution is 5.66. The average molecular weight is 271 g/mol. The van der Waals surface area contributed by atoms with Gasteiger partial charge in [0.1, 0.15) is 6.10 Å². The lowest BCUT2D eigenvalue weighted by atomic mass is 9.89. The van der Waals surface area contributed by atoms with E-state index >= 15 is 0 Å². The van der Waals surface area contributed by atoms with Crippen LogP contribution in [0.1, 0.15) is 40.0 Å². The SMILES string of the molecule is CC(C)(C)N(C(=O)O)[C@@H](CC1CCOCC1)C1CO1. The molecule has 0 spiro atoms. The largest absolute Gasteiger partial charge is 0.465 e. The minimum absolute atomic E-state index is 0.0272. The fourth-order valence-electron chi connectivity index (χ4n) is 2.95. The number of nitrogens with zero attached hydrogens (tertiary/aromatic N) is 1. The molecule has 0 aromatic carbocycles. The summed E-state index contributed by atoms with van der Waals surface area (Å²) in [7, 11) is 0. The molecule has 5 heteroatoms. The first-order valence-corrected chi connectivity index (χ1v) is 7.11. The molecule has 0 bridgehead atoms. The molecule has 5 nitrogen and oxygen atoms in total. The van der Waals surface area contributed by atoms with Crippen LogP contribution in [0.2, 0.25) is 0 Å². The van der Waals surface area contributed by atoms with Crippen molar-refractivity contribution in [3.05, 3.63) is 0 Å². The van der Waals surface area contributed by atoms with Gasteiger partial charge in [0.15, 0.2) is 0 Å². The minimum Gasteiger partial charge on any atom is -0.465 e. The number of carbonyl (C=O) groups is 1. The zero-order valence-electron chi connectivity index (χ0n) is 12.1. The van der Waals surface area contributed by atoms with E-state index in [0.717, 1.165) is 32.5 Å². The van der Waals surface area contributed by atoms with Gasteiger partial charge in [-0.3, -0.25) is 4.90 Å². The highest BCUT2D eigenvalue weighted by Gasteiger charge is 2.44. The summed E-state index contributed by atoms with van der Waals surface area (Å²) in [5, 5.41) is 9.53. The number of ether oxygens (including phenoxy) is 2. The normalized spacial score (nSPS) is 25.9. The Balaban J connectivity index is 2.06. The molecular weight excluding hydrogens is 246 g/mol. The quantitative estimate of drug-likeness (QED) is 0.797. The van der Waals surface area contributed by atoms with Crippen LogP contribution < -0.4 is 0 Å². The highest BCUT2D eigenvalue weighted by Crippen LogP contribution is 2.32. The Morgan fingerprint density at radius 3 is 2.37 bits per heavy atom. The number of epoxide rings is 1.